The first kappa shape index (κ1) is 9.00. The van der Waals surface area contributed by atoms with Crippen LogP contribution in [0.4, 0.5) is 0 Å². The van der Waals surface area contributed by atoms with Gasteiger partial charge in [0.25, 0.3) is 0 Å². The second kappa shape index (κ2) is 3.29. The van der Waals surface area contributed by atoms with Gasteiger partial charge in [0.1, 0.15) is 0 Å². The van der Waals surface area contributed by atoms with E-state index in [1.165, 1.54) is 11.1 Å². The average molecular weight is 187 g/mol. The van der Waals surface area contributed by atoms with Gasteiger partial charge < -0.3 is 5.32 Å². The second-order valence-electron chi connectivity index (χ2n) is 3.52. The molecule has 1 amide bonds. The van der Waals surface area contributed by atoms with Crippen LogP contribution in [0.1, 0.15) is 18.1 Å². The number of hydrogen-bond donors (Lipinski definition) is 1. The van der Waals surface area contributed by atoms with E-state index in [0.717, 1.165) is 17.6 Å². The van der Waals surface area contributed by atoms with E-state index >= 15 is 0 Å². The Kier molecular flexibility index (Phi) is 2.12. The van der Waals surface area contributed by atoms with Gasteiger partial charge in [-0.1, -0.05) is 24.3 Å². The molecule has 1 aliphatic carbocycles. The Bertz CT molecular complexity index is 418. The number of likely N-dealkylation sites (N-methyl/N-ethyl adjacent to an activating group) is 1. The lowest BCUT2D eigenvalue weighted by Gasteiger charge is -2.00. The summed E-state index contributed by atoms with van der Waals surface area (Å²) in [5.41, 5.74) is 4.48. The molecule has 0 bridgehead atoms. The van der Waals surface area contributed by atoms with Gasteiger partial charge in [-0.05, 0) is 23.6 Å². The molecule has 0 heterocycles. The number of fused-ring (bicyclic) bond motifs is 1. The van der Waals surface area contributed by atoms with Crippen LogP contribution < -0.4 is 5.32 Å². The number of hydrogen-bond acceptors (Lipinski definition) is 1. The van der Waals surface area contributed by atoms with Gasteiger partial charge in [0.15, 0.2) is 0 Å². The van der Waals surface area contributed by atoms with E-state index < -0.39 is 0 Å². The summed E-state index contributed by atoms with van der Waals surface area (Å²) in [5, 5.41) is 2.68. The third-order valence-corrected chi connectivity index (χ3v) is 2.74. The summed E-state index contributed by atoms with van der Waals surface area (Å²) >= 11 is 0. The molecule has 72 valence electrons. The smallest absolute Gasteiger partial charge is 0.247 e. The van der Waals surface area contributed by atoms with Crippen molar-refractivity contribution in [3.8, 4) is 0 Å². The fraction of sp³-hybridized carbons (Fsp3) is 0.250. The van der Waals surface area contributed by atoms with Crippen molar-refractivity contribution < 1.29 is 4.79 Å². The minimum absolute atomic E-state index is 0.0405. The quantitative estimate of drug-likeness (QED) is 0.713. The summed E-state index contributed by atoms with van der Waals surface area (Å²) in [4.78, 5) is 11.5. The SMILES string of the molecule is CNC(=O)C1=C(C)c2ccccc2C1. The van der Waals surface area contributed by atoms with Crippen molar-refractivity contribution in [3.63, 3.8) is 0 Å². The highest BCUT2D eigenvalue weighted by Crippen LogP contribution is 2.31. The van der Waals surface area contributed by atoms with E-state index in [0.29, 0.717) is 0 Å². The average Bonchev–Trinajstić information content (AvgIpc) is 2.56. The first-order valence-electron chi connectivity index (χ1n) is 4.74. The maximum atomic E-state index is 11.5. The van der Waals surface area contributed by atoms with Crippen molar-refractivity contribution in [2.45, 2.75) is 13.3 Å². The standard InChI is InChI=1S/C12H13NO/c1-8-10-6-4-3-5-9(10)7-11(8)12(14)13-2/h3-6H,7H2,1-2H3,(H,13,14). The lowest BCUT2D eigenvalue weighted by atomic mass is 10.1. The first-order chi connectivity index (χ1) is 6.74. The predicted octanol–water partition coefficient (Wildman–Crippen LogP) is 1.76. The molecule has 0 unspecified atom stereocenters. The monoisotopic (exact) mass is 187 g/mol. The molecule has 1 aromatic rings. The Morgan fingerprint density at radius 1 is 1.36 bits per heavy atom. The number of carbonyl (C=O) groups excluding carboxylic acids is 1. The van der Waals surface area contributed by atoms with Crippen molar-refractivity contribution >= 4 is 11.5 Å². The minimum atomic E-state index is 0.0405. The Morgan fingerprint density at radius 2 is 2.07 bits per heavy atom. The molecule has 2 heteroatoms. The van der Waals surface area contributed by atoms with Crippen molar-refractivity contribution in [1.82, 2.24) is 5.32 Å². The zero-order valence-electron chi connectivity index (χ0n) is 8.42. The number of carbonyl (C=O) groups is 1. The van der Waals surface area contributed by atoms with E-state index in [2.05, 4.69) is 17.4 Å². The Balaban J connectivity index is 2.44. The molecule has 2 nitrogen and oxygen atoms in total. The van der Waals surface area contributed by atoms with Crippen LogP contribution in [-0.4, -0.2) is 13.0 Å². The summed E-state index contributed by atoms with van der Waals surface area (Å²) in [5.74, 6) is 0.0405. The molecule has 1 N–H and O–H groups in total. The van der Waals surface area contributed by atoms with Crippen LogP contribution in [0.2, 0.25) is 0 Å². The number of rotatable bonds is 1. The fourth-order valence-corrected chi connectivity index (χ4v) is 1.93. The number of amides is 1. The Hall–Kier alpha value is -1.57. The molecule has 1 aromatic carbocycles. The normalized spacial score (nSPS) is 14.1. The summed E-state index contributed by atoms with van der Waals surface area (Å²) in [6.45, 7) is 2.01. The first-order valence-corrected chi connectivity index (χ1v) is 4.74. The molecular weight excluding hydrogens is 174 g/mol. The zero-order valence-corrected chi connectivity index (χ0v) is 8.42. The van der Waals surface area contributed by atoms with Crippen molar-refractivity contribution in [2.24, 2.45) is 0 Å². The van der Waals surface area contributed by atoms with Crippen LogP contribution in [0.25, 0.3) is 5.57 Å². The van der Waals surface area contributed by atoms with Crippen LogP contribution in [0.15, 0.2) is 29.8 Å². The van der Waals surface area contributed by atoms with E-state index in [-0.39, 0.29) is 5.91 Å². The Morgan fingerprint density at radius 3 is 2.71 bits per heavy atom. The lowest BCUT2D eigenvalue weighted by molar-refractivity contribution is -0.117. The lowest BCUT2D eigenvalue weighted by Crippen LogP contribution is -2.20. The van der Waals surface area contributed by atoms with E-state index in [4.69, 9.17) is 0 Å². The van der Waals surface area contributed by atoms with Crippen molar-refractivity contribution in [1.29, 1.82) is 0 Å². The maximum Gasteiger partial charge on any atom is 0.247 e. The molecule has 0 aromatic heterocycles. The molecule has 1 aliphatic rings. The predicted molar refractivity (Wildman–Crippen MR) is 56.8 cm³/mol. The molecule has 14 heavy (non-hydrogen) atoms. The van der Waals surface area contributed by atoms with Crippen LogP contribution >= 0.6 is 0 Å². The number of nitrogens with one attached hydrogen (secondary N) is 1. The summed E-state index contributed by atoms with van der Waals surface area (Å²) < 4.78 is 0. The van der Waals surface area contributed by atoms with Crippen molar-refractivity contribution in [2.75, 3.05) is 7.05 Å². The summed E-state index contributed by atoms with van der Waals surface area (Å²) in [6.07, 6.45) is 0.766. The van der Waals surface area contributed by atoms with Gasteiger partial charge in [-0.3, -0.25) is 4.79 Å². The minimum Gasteiger partial charge on any atom is -0.355 e. The van der Waals surface area contributed by atoms with Gasteiger partial charge in [0.2, 0.25) is 5.91 Å². The topological polar surface area (TPSA) is 29.1 Å². The number of benzene rings is 1. The number of allylic oxidation sites excluding steroid dienone is 1. The molecular formula is C12H13NO. The molecule has 2 rings (SSSR count). The van der Waals surface area contributed by atoms with Crippen LogP contribution in [0.3, 0.4) is 0 Å². The second-order valence-corrected chi connectivity index (χ2v) is 3.52. The Labute approximate surface area is 83.6 Å². The largest absolute Gasteiger partial charge is 0.355 e. The molecule has 0 atom stereocenters. The molecule has 0 fully saturated rings. The van der Waals surface area contributed by atoms with Gasteiger partial charge in [-0.15, -0.1) is 0 Å². The van der Waals surface area contributed by atoms with E-state index in [1.54, 1.807) is 7.05 Å². The molecule has 0 spiro atoms. The molecule has 0 saturated carbocycles. The molecule has 0 radical (unpaired) electrons. The fourth-order valence-electron chi connectivity index (χ4n) is 1.93. The molecule has 0 saturated heterocycles. The van der Waals surface area contributed by atoms with Gasteiger partial charge in [-0.25, -0.2) is 0 Å². The van der Waals surface area contributed by atoms with Gasteiger partial charge in [-0.2, -0.15) is 0 Å². The molecule has 0 aliphatic heterocycles. The van der Waals surface area contributed by atoms with Gasteiger partial charge in [0.05, 0.1) is 0 Å². The van der Waals surface area contributed by atoms with Crippen molar-refractivity contribution in [3.05, 3.63) is 41.0 Å². The summed E-state index contributed by atoms with van der Waals surface area (Å²) in [6, 6.07) is 8.17. The van der Waals surface area contributed by atoms with Crippen LogP contribution in [0, 0.1) is 0 Å². The third-order valence-electron chi connectivity index (χ3n) is 2.74. The summed E-state index contributed by atoms with van der Waals surface area (Å²) in [7, 11) is 1.67. The van der Waals surface area contributed by atoms with Crippen LogP contribution in [-0.2, 0) is 11.2 Å². The van der Waals surface area contributed by atoms with Gasteiger partial charge >= 0.3 is 0 Å². The van der Waals surface area contributed by atoms with E-state index in [1.807, 2.05) is 19.1 Å². The van der Waals surface area contributed by atoms with E-state index in [9.17, 15) is 4.79 Å². The maximum absolute atomic E-state index is 11.5. The highest BCUT2D eigenvalue weighted by atomic mass is 16.1. The highest BCUT2D eigenvalue weighted by Gasteiger charge is 2.21. The van der Waals surface area contributed by atoms with Gasteiger partial charge in [0, 0.05) is 19.0 Å². The van der Waals surface area contributed by atoms with Crippen LogP contribution in [0.5, 0.6) is 0 Å². The highest BCUT2D eigenvalue weighted by molar-refractivity contribution is 6.03. The third kappa shape index (κ3) is 1.23. The zero-order chi connectivity index (χ0) is 10.1.